The fourth-order valence-corrected chi connectivity index (χ4v) is 1.80. The van der Waals surface area contributed by atoms with E-state index in [2.05, 4.69) is 38.2 Å². The molecule has 0 aliphatic rings. The van der Waals surface area contributed by atoms with Gasteiger partial charge in [-0.05, 0) is 23.1 Å². The van der Waals surface area contributed by atoms with E-state index in [1.54, 1.807) is 7.11 Å². The maximum Gasteiger partial charge on any atom is 0.221 e. The van der Waals surface area contributed by atoms with Gasteiger partial charge in [0.2, 0.25) is 5.91 Å². The van der Waals surface area contributed by atoms with E-state index in [1.807, 2.05) is 6.07 Å². The Morgan fingerprint density at radius 2 is 2.05 bits per heavy atom. The number of nitrogens with two attached hydrogens (primary N) is 1. The third-order valence-corrected chi connectivity index (χ3v) is 2.99. The monoisotopic (exact) mass is 264 g/mol. The van der Waals surface area contributed by atoms with E-state index in [0.29, 0.717) is 19.5 Å². The first-order chi connectivity index (χ1) is 8.88. The van der Waals surface area contributed by atoms with Crippen LogP contribution in [0.1, 0.15) is 38.3 Å². The van der Waals surface area contributed by atoms with E-state index < -0.39 is 0 Å². The van der Waals surface area contributed by atoms with Crippen molar-refractivity contribution >= 4 is 5.91 Å². The Morgan fingerprint density at radius 1 is 1.37 bits per heavy atom. The summed E-state index contributed by atoms with van der Waals surface area (Å²) in [6.07, 6.45) is 0.348. The maximum atomic E-state index is 11.5. The van der Waals surface area contributed by atoms with E-state index in [-0.39, 0.29) is 11.3 Å². The van der Waals surface area contributed by atoms with Crippen LogP contribution in [0.5, 0.6) is 5.75 Å². The van der Waals surface area contributed by atoms with Crippen molar-refractivity contribution in [2.45, 2.75) is 39.2 Å². The van der Waals surface area contributed by atoms with E-state index in [4.69, 9.17) is 10.5 Å². The standard InChI is InChI=1S/C15H24N2O2/c1-15(2,3)12-5-6-13(19-4)11(9-12)10-17-14(18)7-8-16/h5-6,9H,7-8,10,16H2,1-4H3,(H,17,18). The first kappa shape index (κ1) is 15.5. The van der Waals surface area contributed by atoms with Crippen LogP contribution in [0.3, 0.4) is 0 Å². The highest BCUT2D eigenvalue weighted by atomic mass is 16.5. The number of nitrogens with one attached hydrogen (secondary N) is 1. The lowest BCUT2D eigenvalue weighted by Gasteiger charge is -2.21. The molecule has 3 N–H and O–H groups in total. The summed E-state index contributed by atoms with van der Waals surface area (Å²) in [6.45, 7) is 7.31. The molecule has 4 nitrogen and oxygen atoms in total. The van der Waals surface area contributed by atoms with Gasteiger partial charge in [-0.25, -0.2) is 0 Å². The largest absolute Gasteiger partial charge is 0.496 e. The summed E-state index contributed by atoms with van der Waals surface area (Å²) in [6, 6.07) is 6.09. The predicted octanol–water partition coefficient (Wildman–Crippen LogP) is 1.96. The summed E-state index contributed by atoms with van der Waals surface area (Å²) in [4.78, 5) is 11.5. The molecular formula is C15H24N2O2. The van der Waals surface area contributed by atoms with Gasteiger partial charge >= 0.3 is 0 Å². The number of rotatable bonds is 5. The summed E-state index contributed by atoms with van der Waals surface area (Å²) < 4.78 is 5.33. The minimum atomic E-state index is -0.0364. The van der Waals surface area contributed by atoms with Gasteiger partial charge < -0.3 is 15.8 Å². The van der Waals surface area contributed by atoms with Crippen LogP contribution in [0.15, 0.2) is 18.2 Å². The Morgan fingerprint density at radius 3 is 2.58 bits per heavy atom. The van der Waals surface area contributed by atoms with Crippen LogP contribution >= 0.6 is 0 Å². The molecule has 0 aliphatic carbocycles. The molecule has 0 fully saturated rings. The van der Waals surface area contributed by atoms with Gasteiger partial charge in [0.05, 0.1) is 7.11 Å². The molecule has 0 radical (unpaired) electrons. The van der Waals surface area contributed by atoms with E-state index in [9.17, 15) is 4.79 Å². The molecule has 19 heavy (non-hydrogen) atoms. The van der Waals surface area contributed by atoms with Crippen LogP contribution < -0.4 is 15.8 Å². The quantitative estimate of drug-likeness (QED) is 0.854. The molecule has 1 aromatic rings. The van der Waals surface area contributed by atoms with Crippen LogP contribution in [-0.4, -0.2) is 19.6 Å². The average Bonchev–Trinajstić information content (AvgIpc) is 2.35. The molecular weight excluding hydrogens is 240 g/mol. The number of hydrogen-bond acceptors (Lipinski definition) is 3. The molecule has 0 aromatic heterocycles. The van der Waals surface area contributed by atoms with Crippen molar-refractivity contribution < 1.29 is 9.53 Å². The zero-order valence-electron chi connectivity index (χ0n) is 12.2. The topological polar surface area (TPSA) is 64.3 Å². The number of amides is 1. The normalized spacial score (nSPS) is 11.2. The molecule has 1 aromatic carbocycles. The highest BCUT2D eigenvalue weighted by Gasteiger charge is 2.16. The van der Waals surface area contributed by atoms with Crippen molar-refractivity contribution in [2.75, 3.05) is 13.7 Å². The van der Waals surface area contributed by atoms with Gasteiger partial charge in [0.15, 0.2) is 0 Å². The van der Waals surface area contributed by atoms with Gasteiger partial charge in [0, 0.05) is 25.1 Å². The molecule has 0 saturated carbocycles. The lowest BCUT2D eigenvalue weighted by Crippen LogP contribution is -2.25. The molecule has 0 heterocycles. The van der Waals surface area contributed by atoms with Crippen molar-refractivity contribution in [3.8, 4) is 5.75 Å². The third kappa shape index (κ3) is 4.56. The number of carbonyl (C=O) groups is 1. The second kappa shape index (κ2) is 6.57. The van der Waals surface area contributed by atoms with Crippen LogP contribution in [0.25, 0.3) is 0 Å². The van der Waals surface area contributed by atoms with Gasteiger partial charge in [0.25, 0.3) is 0 Å². The molecule has 0 bridgehead atoms. The summed E-state index contributed by atoms with van der Waals surface area (Å²) in [5.74, 6) is 0.756. The molecule has 0 atom stereocenters. The third-order valence-electron chi connectivity index (χ3n) is 2.99. The van der Waals surface area contributed by atoms with E-state index in [1.165, 1.54) is 5.56 Å². The van der Waals surface area contributed by atoms with Crippen molar-refractivity contribution in [1.29, 1.82) is 0 Å². The number of hydrogen-bond donors (Lipinski definition) is 2. The number of carbonyl (C=O) groups excluding carboxylic acids is 1. The van der Waals surface area contributed by atoms with Crippen molar-refractivity contribution in [2.24, 2.45) is 5.73 Å². The molecule has 0 unspecified atom stereocenters. The van der Waals surface area contributed by atoms with Gasteiger partial charge in [-0.1, -0.05) is 26.8 Å². The van der Waals surface area contributed by atoms with Gasteiger partial charge in [-0.3, -0.25) is 4.79 Å². The lowest BCUT2D eigenvalue weighted by molar-refractivity contribution is -0.121. The average molecular weight is 264 g/mol. The number of ether oxygens (including phenoxy) is 1. The fraction of sp³-hybridized carbons (Fsp3) is 0.533. The molecule has 0 saturated heterocycles. The van der Waals surface area contributed by atoms with Crippen LogP contribution in [-0.2, 0) is 16.8 Å². The first-order valence-corrected chi connectivity index (χ1v) is 6.52. The van der Waals surface area contributed by atoms with Gasteiger partial charge in [-0.2, -0.15) is 0 Å². The smallest absolute Gasteiger partial charge is 0.221 e. The summed E-state index contributed by atoms with van der Waals surface area (Å²) in [7, 11) is 1.64. The molecule has 106 valence electrons. The first-order valence-electron chi connectivity index (χ1n) is 6.52. The number of benzene rings is 1. The fourth-order valence-electron chi connectivity index (χ4n) is 1.80. The summed E-state index contributed by atoms with van der Waals surface area (Å²) in [5, 5.41) is 2.85. The van der Waals surface area contributed by atoms with Crippen LogP contribution in [0.4, 0.5) is 0 Å². The van der Waals surface area contributed by atoms with Crippen molar-refractivity contribution in [3.63, 3.8) is 0 Å². The molecule has 1 rings (SSSR count). The maximum absolute atomic E-state index is 11.5. The Bertz CT molecular complexity index is 436. The minimum Gasteiger partial charge on any atom is -0.496 e. The van der Waals surface area contributed by atoms with Crippen LogP contribution in [0, 0.1) is 0 Å². The second-order valence-corrected chi connectivity index (χ2v) is 5.59. The Hall–Kier alpha value is -1.55. The van der Waals surface area contributed by atoms with Gasteiger partial charge in [0.1, 0.15) is 5.75 Å². The summed E-state index contributed by atoms with van der Waals surface area (Å²) >= 11 is 0. The summed E-state index contributed by atoms with van der Waals surface area (Å²) in [5.41, 5.74) is 7.63. The van der Waals surface area contributed by atoms with Crippen molar-refractivity contribution in [1.82, 2.24) is 5.32 Å². The number of methoxy groups -OCH3 is 1. The second-order valence-electron chi connectivity index (χ2n) is 5.59. The Balaban J connectivity index is 2.88. The lowest BCUT2D eigenvalue weighted by atomic mass is 9.86. The van der Waals surface area contributed by atoms with E-state index in [0.717, 1.165) is 11.3 Å². The highest BCUT2D eigenvalue weighted by molar-refractivity contribution is 5.76. The van der Waals surface area contributed by atoms with Gasteiger partial charge in [-0.15, -0.1) is 0 Å². The zero-order valence-corrected chi connectivity index (χ0v) is 12.2. The van der Waals surface area contributed by atoms with E-state index >= 15 is 0 Å². The Kier molecular flexibility index (Phi) is 5.36. The SMILES string of the molecule is COc1ccc(C(C)(C)C)cc1CNC(=O)CCN. The zero-order chi connectivity index (χ0) is 14.5. The van der Waals surface area contributed by atoms with Crippen molar-refractivity contribution in [3.05, 3.63) is 29.3 Å². The Labute approximate surface area is 115 Å². The predicted molar refractivity (Wildman–Crippen MR) is 77.2 cm³/mol. The highest BCUT2D eigenvalue weighted by Crippen LogP contribution is 2.27. The molecule has 0 spiro atoms. The molecule has 1 amide bonds. The minimum absolute atomic E-state index is 0.0364. The molecule has 0 aliphatic heterocycles. The molecule has 4 heteroatoms. The van der Waals surface area contributed by atoms with Crippen LogP contribution in [0.2, 0.25) is 0 Å².